The highest BCUT2D eigenvalue weighted by atomic mass is 35.5. The number of thioether (sulfide) groups is 1. The van der Waals surface area contributed by atoms with Crippen LogP contribution in [0.3, 0.4) is 0 Å². The Labute approximate surface area is 195 Å². The second kappa shape index (κ2) is 9.77. The molecule has 1 saturated carbocycles. The maximum atomic E-state index is 13.2. The fraction of sp³-hybridized carbons (Fsp3) is 0.167. The first-order valence-electron chi connectivity index (χ1n) is 9.88. The van der Waals surface area contributed by atoms with Gasteiger partial charge in [0, 0.05) is 16.5 Å². The topological polar surface area (TPSA) is 58.2 Å². The summed E-state index contributed by atoms with van der Waals surface area (Å²) in [4.78, 5) is 26.0. The van der Waals surface area contributed by atoms with Crippen LogP contribution in [0.4, 0.5) is 11.4 Å². The lowest BCUT2D eigenvalue weighted by Gasteiger charge is -2.18. The molecule has 0 aliphatic heterocycles. The molecule has 4 rings (SSSR count). The largest absolute Gasteiger partial charge is 0.326 e. The van der Waals surface area contributed by atoms with Crippen molar-refractivity contribution in [2.24, 2.45) is 5.92 Å². The third-order valence-corrected chi connectivity index (χ3v) is 6.96. The van der Waals surface area contributed by atoms with Gasteiger partial charge < -0.3 is 10.6 Å². The standard InChI is InChI=1S/C24H20Cl2N2O2S/c25-19-7-4-8-20(21(19)26)28-24(30)22(15-5-2-1-3-6-15)31-18-13-11-17(12-14-18)27-23(29)16-9-10-16/h1-8,11-14,16,22H,9-10H2,(H,27,29)(H,28,30). The highest BCUT2D eigenvalue weighted by molar-refractivity contribution is 8.00. The van der Waals surface area contributed by atoms with E-state index in [1.165, 1.54) is 11.8 Å². The van der Waals surface area contributed by atoms with Gasteiger partial charge in [0.05, 0.1) is 15.7 Å². The van der Waals surface area contributed by atoms with Crippen LogP contribution in [0.15, 0.2) is 77.7 Å². The van der Waals surface area contributed by atoms with Crippen molar-refractivity contribution in [1.82, 2.24) is 0 Å². The van der Waals surface area contributed by atoms with Crippen molar-refractivity contribution < 1.29 is 9.59 Å². The molecule has 0 heterocycles. The Bertz CT molecular complexity index is 1090. The number of amides is 2. The molecule has 31 heavy (non-hydrogen) atoms. The summed E-state index contributed by atoms with van der Waals surface area (Å²) in [5.41, 5.74) is 2.10. The van der Waals surface area contributed by atoms with Gasteiger partial charge in [0.25, 0.3) is 0 Å². The summed E-state index contributed by atoms with van der Waals surface area (Å²) < 4.78 is 0. The Hall–Kier alpha value is -2.47. The molecule has 3 aromatic carbocycles. The second-order valence-corrected chi connectivity index (χ2v) is 9.25. The second-order valence-electron chi connectivity index (χ2n) is 7.29. The number of carbonyl (C=O) groups excluding carboxylic acids is 2. The van der Waals surface area contributed by atoms with Crippen molar-refractivity contribution in [2.45, 2.75) is 23.0 Å². The quantitative estimate of drug-likeness (QED) is 0.372. The molecule has 0 radical (unpaired) electrons. The van der Waals surface area contributed by atoms with Crippen LogP contribution in [0.1, 0.15) is 23.7 Å². The van der Waals surface area contributed by atoms with Gasteiger partial charge in [-0.25, -0.2) is 0 Å². The average Bonchev–Trinajstić information content (AvgIpc) is 3.62. The van der Waals surface area contributed by atoms with Crippen molar-refractivity contribution in [3.63, 3.8) is 0 Å². The first kappa shape index (κ1) is 21.8. The summed E-state index contributed by atoms with van der Waals surface area (Å²) >= 11 is 13.7. The van der Waals surface area contributed by atoms with Gasteiger partial charge in [0.2, 0.25) is 11.8 Å². The first-order chi connectivity index (χ1) is 15.0. The van der Waals surface area contributed by atoms with Gasteiger partial charge in [0.15, 0.2) is 0 Å². The molecule has 0 saturated heterocycles. The lowest BCUT2D eigenvalue weighted by molar-refractivity contribution is -0.117. The van der Waals surface area contributed by atoms with E-state index in [0.29, 0.717) is 15.7 Å². The van der Waals surface area contributed by atoms with Crippen LogP contribution in [0.5, 0.6) is 0 Å². The molecule has 0 aromatic heterocycles. The SMILES string of the molecule is O=C(Nc1ccc(SC(C(=O)Nc2cccc(Cl)c2Cl)c2ccccc2)cc1)C1CC1. The van der Waals surface area contributed by atoms with Crippen LogP contribution in [-0.4, -0.2) is 11.8 Å². The molecule has 3 aromatic rings. The first-order valence-corrected chi connectivity index (χ1v) is 11.5. The number of rotatable bonds is 7. The van der Waals surface area contributed by atoms with Crippen molar-refractivity contribution in [1.29, 1.82) is 0 Å². The van der Waals surface area contributed by atoms with E-state index in [9.17, 15) is 9.59 Å². The fourth-order valence-electron chi connectivity index (χ4n) is 3.04. The highest BCUT2D eigenvalue weighted by Gasteiger charge is 2.29. The molecular weight excluding hydrogens is 451 g/mol. The van der Waals surface area contributed by atoms with E-state index in [4.69, 9.17) is 23.2 Å². The van der Waals surface area contributed by atoms with Gasteiger partial charge in [-0.3, -0.25) is 9.59 Å². The number of halogens is 2. The molecule has 2 amide bonds. The molecule has 1 fully saturated rings. The Kier molecular flexibility index (Phi) is 6.86. The van der Waals surface area contributed by atoms with Crippen LogP contribution in [0, 0.1) is 5.92 Å². The number of carbonyl (C=O) groups is 2. The van der Waals surface area contributed by atoms with Gasteiger partial charge in [0.1, 0.15) is 5.25 Å². The number of anilines is 2. The minimum absolute atomic E-state index is 0.0698. The fourth-order valence-corrected chi connectivity index (χ4v) is 4.41. The average molecular weight is 471 g/mol. The normalized spacial score (nSPS) is 14.0. The summed E-state index contributed by atoms with van der Waals surface area (Å²) in [5, 5.41) is 6.02. The van der Waals surface area contributed by atoms with E-state index in [2.05, 4.69) is 10.6 Å². The van der Waals surface area contributed by atoms with E-state index < -0.39 is 5.25 Å². The van der Waals surface area contributed by atoms with Gasteiger partial charge in [-0.15, -0.1) is 11.8 Å². The molecule has 0 spiro atoms. The monoisotopic (exact) mass is 470 g/mol. The molecule has 1 aliphatic carbocycles. The Balaban J connectivity index is 1.52. The summed E-state index contributed by atoms with van der Waals surface area (Å²) in [7, 11) is 0. The third-order valence-electron chi connectivity index (χ3n) is 4.87. The molecule has 2 N–H and O–H groups in total. The minimum atomic E-state index is -0.497. The molecule has 1 atom stereocenters. The number of hydrogen-bond acceptors (Lipinski definition) is 3. The maximum Gasteiger partial charge on any atom is 0.242 e. The molecule has 1 aliphatic rings. The lowest BCUT2D eigenvalue weighted by atomic mass is 10.1. The van der Waals surface area contributed by atoms with E-state index in [1.807, 2.05) is 54.6 Å². The maximum absolute atomic E-state index is 13.2. The highest BCUT2D eigenvalue weighted by Crippen LogP contribution is 2.38. The van der Waals surface area contributed by atoms with E-state index in [1.54, 1.807) is 18.2 Å². The summed E-state index contributed by atoms with van der Waals surface area (Å²) in [6.07, 6.45) is 1.93. The predicted octanol–water partition coefficient (Wildman–Crippen LogP) is 6.81. The van der Waals surface area contributed by atoms with Crippen LogP contribution in [0.25, 0.3) is 0 Å². The van der Waals surface area contributed by atoms with Crippen LogP contribution >= 0.6 is 35.0 Å². The van der Waals surface area contributed by atoms with Crippen LogP contribution < -0.4 is 10.6 Å². The van der Waals surface area contributed by atoms with Crippen molar-refractivity contribution in [2.75, 3.05) is 10.6 Å². The van der Waals surface area contributed by atoms with Gasteiger partial charge >= 0.3 is 0 Å². The van der Waals surface area contributed by atoms with Crippen LogP contribution in [-0.2, 0) is 9.59 Å². The minimum Gasteiger partial charge on any atom is -0.326 e. The summed E-state index contributed by atoms with van der Waals surface area (Å²) in [6, 6.07) is 22.2. The predicted molar refractivity (Wildman–Crippen MR) is 128 cm³/mol. The van der Waals surface area contributed by atoms with Crippen molar-refractivity contribution in [3.8, 4) is 0 Å². The number of hydrogen-bond donors (Lipinski definition) is 2. The van der Waals surface area contributed by atoms with Crippen molar-refractivity contribution in [3.05, 3.63) is 88.4 Å². The number of benzene rings is 3. The van der Waals surface area contributed by atoms with Gasteiger partial charge in [-0.2, -0.15) is 0 Å². The van der Waals surface area contributed by atoms with E-state index in [0.717, 1.165) is 29.0 Å². The van der Waals surface area contributed by atoms with Crippen molar-refractivity contribution >= 4 is 58.2 Å². The van der Waals surface area contributed by atoms with Gasteiger partial charge in [-0.05, 0) is 54.8 Å². The summed E-state index contributed by atoms with van der Waals surface area (Å²) in [5.74, 6) is 0.0188. The van der Waals surface area contributed by atoms with Gasteiger partial charge in [-0.1, -0.05) is 59.6 Å². The molecular formula is C24H20Cl2N2O2S. The smallest absolute Gasteiger partial charge is 0.242 e. The summed E-state index contributed by atoms with van der Waals surface area (Å²) in [6.45, 7) is 0. The molecule has 0 bridgehead atoms. The molecule has 1 unspecified atom stereocenters. The molecule has 158 valence electrons. The Morgan fingerprint density at radius 3 is 2.26 bits per heavy atom. The van der Waals surface area contributed by atoms with E-state index in [-0.39, 0.29) is 17.7 Å². The molecule has 4 nitrogen and oxygen atoms in total. The lowest BCUT2D eigenvalue weighted by Crippen LogP contribution is -2.19. The molecule has 7 heteroatoms. The zero-order valence-corrected chi connectivity index (χ0v) is 18.8. The zero-order chi connectivity index (χ0) is 21.8. The Morgan fingerprint density at radius 1 is 0.871 bits per heavy atom. The van der Waals surface area contributed by atoms with E-state index >= 15 is 0 Å². The van der Waals surface area contributed by atoms with Crippen LogP contribution in [0.2, 0.25) is 10.0 Å². The third kappa shape index (κ3) is 5.62. The zero-order valence-electron chi connectivity index (χ0n) is 16.5. The Morgan fingerprint density at radius 2 is 1.58 bits per heavy atom. The number of nitrogens with one attached hydrogen (secondary N) is 2.